The Morgan fingerprint density at radius 2 is 1.90 bits per heavy atom. The zero-order valence-electron chi connectivity index (χ0n) is 23.7. The third-order valence-electron chi connectivity index (χ3n) is 7.76. The molecule has 2 aliphatic heterocycles. The molecule has 0 spiro atoms. The molecule has 1 aromatic carbocycles. The topological polar surface area (TPSA) is 98.1 Å². The van der Waals surface area contributed by atoms with E-state index in [1.165, 1.54) is 30.4 Å². The summed E-state index contributed by atoms with van der Waals surface area (Å²) < 4.78 is 56.4. The smallest absolute Gasteiger partial charge is 0.416 e. The third-order valence-corrected chi connectivity index (χ3v) is 7.76. The van der Waals surface area contributed by atoms with Gasteiger partial charge in [-0.25, -0.2) is 0 Å². The summed E-state index contributed by atoms with van der Waals surface area (Å²) in [5.41, 5.74) is -1.82. The third kappa shape index (κ3) is 6.19. The largest absolute Gasteiger partial charge is 0.468 e. The second-order valence-electron chi connectivity index (χ2n) is 11.7. The fourth-order valence-electron chi connectivity index (χ4n) is 5.52. The van der Waals surface area contributed by atoms with Gasteiger partial charge in [-0.1, -0.05) is 32.9 Å². The van der Waals surface area contributed by atoms with E-state index in [0.717, 1.165) is 12.1 Å². The number of benzene rings is 1. The van der Waals surface area contributed by atoms with Gasteiger partial charge in [0.2, 0.25) is 11.8 Å². The van der Waals surface area contributed by atoms with E-state index in [1.807, 2.05) is 20.8 Å². The number of rotatable bonds is 7. The summed E-state index contributed by atoms with van der Waals surface area (Å²) in [6.45, 7) is 7.61. The number of hydrogen-bond acceptors (Lipinski definition) is 6. The Balaban J connectivity index is 1.64. The number of furan rings is 1. The van der Waals surface area contributed by atoms with Gasteiger partial charge in [0.1, 0.15) is 11.2 Å². The first-order chi connectivity index (χ1) is 19.2. The first kappa shape index (κ1) is 30.4. The molecule has 4 rings (SSSR count). The lowest BCUT2D eigenvalue weighted by atomic mass is 9.65. The number of hydrogen-bond donors (Lipinski definition) is 1. The molecule has 222 valence electrons. The first-order valence-electron chi connectivity index (χ1n) is 13.4. The summed E-state index contributed by atoms with van der Waals surface area (Å²) in [7, 11) is 1.27. The molecule has 0 aliphatic carbocycles. The number of halogens is 3. The highest BCUT2D eigenvalue weighted by molar-refractivity contribution is 5.92. The Labute approximate surface area is 236 Å². The Kier molecular flexibility index (Phi) is 8.40. The monoisotopic (exact) mass is 576 g/mol. The zero-order valence-corrected chi connectivity index (χ0v) is 23.7. The minimum absolute atomic E-state index is 0.0301. The van der Waals surface area contributed by atoms with Crippen LogP contribution in [0.15, 0.2) is 58.9 Å². The number of esters is 1. The summed E-state index contributed by atoms with van der Waals surface area (Å²) in [6.07, 6.45) is -2.66. The number of amides is 2. The summed E-state index contributed by atoms with van der Waals surface area (Å²) in [5.74, 6) is -1.94. The zero-order chi connectivity index (χ0) is 30.2. The molecule has 1 saturated heterocycles. The first-order valence-corrected chi connectivity index (χ1v) is 13.4. The molecule has 8 nitrogen and oxygen atoms in total. The molecule has 1 aromatic heterocycles. The average molecular weight is 577 g/mol. The Morgan fingerprint density at radius 3 is 2.51 bits per heavy atom. The fraction of sp³-hybridized carbons (Fsp3) is 0.500. The van der Waals surface area contributed by atoms with Crippen LogP contribution in [0.2, 0.25) is 0 Å². The van der Waals surface area contributed by atoms with Crippen LogP contribution in [0.25, 0.3) is 0 Å². The minimum atomic E-state index is -4.51. The molecule has 2 amide bonds. The molecule has 0 unspecified atom stereocenters. The number of ether oxygens (including phenoxy) is 2. The maximum Gasteiger partial charge on any atom is 0.416 e. The van der Waals surface area contributed by atoms with Crippen molar-refractivity contribution < 1.29 is 41.4 Å². The fourth-order valence-corrected chi connectivity index (χ4v) is 5.52. The standard InChI is InChI=1S/C30H35F3N2O6/c1-18-29(27(38)39-5)15-20(13-25(36)34-16-19-8-6-9-21(12-19)30(31,32)33)26(37)35(17-22-10-7-11-40-22)23(29)14-24(41-18)28(2,3)4/h6-12,14,18,20,24H,13,15-17H2,1-5H3,(H,34,36)/t18-,20+,24-,29+/m1/s1. The van der Waals surface area contributed by atoms with E-state index in [4.69, 9.17) is 13.9 Å². The van der Waals surface area contributed by atoms with Crippen molar-refractivity contribution >= 4 is 17.8 Å². The van der Waals surface area contributed by atoms with Gasteiger partial charge < -0.3 is 24.1 Å². The number of piperidine rings is 1. The summed E-state index contributed by atoms with van der Waals surface area (Å²) in [6, 6.07) is 8.06. The second-order valence-corrected chi connectivity index (χ2v) is 11.7. The molecule has 4 atom stereocenters. The Bertz CT molecular complexity index is 1310. The van der Waals surface area contributed by atoms with Crippen LogP contribution >= 0.6 is 0 Å². The Morgan fingerprint density at radius 1 is 1.17 bits per heavy atom. The number of likely N-dealkylation sites (tertiary alicyclic amines) is 1. The number of methoxy groups -OCH3 is 1. The molecule has 2 aromatic rings. The maximum atomic E-state index is 13.9. The molecule has 2 aliphatic rings. The van der Waals surface area contributed by atoms with Crippen LogP contribution in [0.3, 0.4) is 0 Å². The SMILES string of the molecule is COC(=O)[C@]12C[C@H](CC(=O)NCc3cccc(C(F)(F)F)c3)C(=O)N(Cc3ccco3)C1=C[C@H](C(C)(C)C)O[C@@H]2C. The molecule has 1 N–H and O–H groups in total. The number of carbonyl (C=O) groups excluding carboxylic acids is 3. The van der Waals surface area contributed by atoms with Crippen molar-refractivity contribution in [1.82, 2.24) is 10.2 Å². The normalized spacial score (nSPS) is 24.9. The van der Waals surface area contributed by atoms with Gasteiger partial charge in [-0.3, -0.25) is 14.4 Å². The van der Waals surface area contributed by atoms with Crippen molar-refractivity contribution in [3.05, 3.63) is 71.3 Å². The number of fused-ring (bicyclic) bond motifs is 1. The van der Waals surface area contributed by atoms with Crippen LogP contribution in [0.1, 0.15) is 57.4 Å². The van der Waals surface area contributed by atoms with E-state index in [1.54, 1.807) is 25.1 Å². The number of alkyl halides is 3. The number of nitrogens with zero attached hydrogens (tertiary/aromatic N) is 1. The molecule has 0 radical (unpaired) electrons. The van der Waals surface area contributed by atoms with Gasteiger partial charge in [-0.2, -0.15) is 13.2 Å². The molecular formula is C30H35F3N2O6. The van der Waals surface area contributed by atoms with Gasteiger partial charge in [0, 0.05) is 24.6 Å². The molecular weight excluding hydrogens is 541 g/mol. The van der Waals surface area contributed by atoms with E-state index < -0.39 is 47.2 Å². The molecule has 0 saturated carbocycles. The van der Waals surface area contributed by atoms with Crippen molar-refractivity contribution in [3.8, 4) is 0 Å². The highest BCUT2D eigenvalue weighted by Crippen LogP contribution is 2.52. The highest BCUT2D eigenvalue weighted by Gasteiger charge is 2.60. The van der Waals surface area contributed by atoms with E-state index in [0.29, 0.717) is 11.5 Å². The van der Waals surface area contributed by atoms with Gasteiger partial charge >= 0.3 is 12.1 Å². The second kappa shape index (κ2) is 11.3. The van der Waals surface area contributed by atoms with Crippen LogP contribution in [0, 0.1) is 16.7 Å². The van der Waals surface area contributed by atoms with Crippen LogP contribution in [-0.4, -0.2) is 42.0 Å². The van der Waals surface area contributed by atoms with Crippen LogP contribution < -0.4 is 5.32 Å². The molecule has 0 bridgehead atoms. The lowest BCUT2D eigenvalue weighted by Crippen LogP contribution is -2.60. The maximum absolute atomic E-state index is 13.9. The van der Waals surface area contributed by atoms with Crippen LogP contribution in [0.5, 0.6) is 0 Å². The van der Waals surface area contributed by atoms with Crippen molar-refractivity contribution in [2.24, 2.45) is 16.7 Å². The number of nitrogens with one attached hydrogen (secondary N) is 1. The van der Waals surface area contributed by atoms with Gasteiger partial charge in [0.15, 0.2) is 0 Å². The van der Waals surface area contributed by atoms with Gasteiger partial charge in [0.25, 0.3) is 0 Å². The van der Waals surface area contributed by atoms with Gasteiger partial charge in [0.05, 0.1) is 37.7 Å². The Hall–Kier alpha value is -3.60. The molecule has 41 heavy (non-hydrogen) atoms. The van der Waals surface area contributed by atoms with E-state index >= 15 is 0 Å². The van der Waals surface area contributed by atoms with E-state index in [-0.39, 0.29) is 42.8 Å². The van der Waals surface area contributed by atoms with Crippen molar-refractivity contribution in [2.75, 3.05) is 7.11 Å². The summed E-state index contributed by atoms with van der Waals surface area (Å²) in [4.78, 5) is 41.9. The van der Waals surface area contributed by atoms with Crippen molar-refractivity contribution in [3.63, 3.8) is 0 Å². The lowest BCUT2D eigenvalue weighted by Gasteiger charge is -2.52. The quantitative estimate of drug-likeness (QED) is 0.454. The van der Waals surface area contributed by atoms with Crippen molar-refractivity contribution in [2.45, 2.75) is 72.0 Å². The molecule has 11 heteroatoms. The molecule has 1 fully saturated rings. The predicted octanol–water partition coefficient (Wildman–Crippen LogP) is 5.23. The lowest BCUT2D eigenvalue weighted by molar-refractivity contribution is -0.180. The van der Waals surface area contributed by atoms with E-state index in [9.17, 15) is 27.6 Å². The van der Waals surface area contributed by atoms with Gasteiger partial charge in [-0.15, -0.1) is 0 Å². The predicted molar refractivity (Wildman–Crippen MR) is 142 cm³/mol. The average Bonchev–Trinajstić information content (AvgIpc) is 3.42. The number of carbonyl (C=O) groups is 3. The summed E-state index contributed by atoms with van der Waals surface area (Å²) in [5, 5.41) is 2.61. The molecule has 3 heterocycles. The van der Waals surface area contributed by atoms with Gasteiger partial charge in [-0.05, 0) is 54.7 Å². The van der Waals surface area contributed by atoms with E-state index in [2.05, 4.69) is 5.32 Å². The summed E-state index contributed by atoms with van der Waals surface area (Å²) >= 11 is 0. The van der Waals surface area contributed by atoms with Crippen molar-refractivity contribution in [1.29, 1.82) is 0 Å². The van der Waals surface area contributed by atoms with Crippen LogP contribution in [-0.2, 0) is 43.1 Å². The minimum Gasteiger partial charge on any atom is -0.468 e. The van der Waals surface area contributed by atoms with Crippen LogP contribution in [0.4, 0.5) is 13.2 Å². The highest BCUT2D eigenvalue weighted by atomic mass is 19.4.